The number of aromatic amines is 1. The van der Waals surface area contributed by atoms with Crippen LogP contribution in [0.15, 0.2) is 6.33 Å². The number of rotatable bonds is 5. The highest BCUT2D eigenvalue weighted by molar-refractivity contribution is 5.87. The van der Waals surface area contributed by atoms with E-state index in [1.54, 1.807) is 6.33 Å². The molecule has 3 atom stereocenters. The Morgan fingerprint density at radius 2 is 2.35 bits per heavy atom. The topological polar surface area (TPSA) is 107 Å². The predicted octanol–water partition coefficient (Wildman–Crippen LogP) is 0.0395. The van der Waals surface area contributed by atoms with E-state index in [-0.39, 0.29) is 11.8 Å². The first-order chi connectivity index (χ1) is 9.52. The van der Waals surface area contributed by atoms with E-state index in [2.05, 4.69) is 20.6 Å². The molecular weight excluding hydrogens is 260 g/mol. The highest BCUT2D eigenvalue weighted by Gasteiger charge is 2.31. The zero-order chi connectivity index (χ0) is 14.7. The molecule has 0 bridgehead atoms. The van der Waals surface area contributed by atoms with Crippen molar-refractivity contribution >= 4 is 11.9 Å². The number of carbonyl (C=O) groups excluding carboxylic acids is 1. The number of imidazole rings is 1. The number of aromatic nitrogens is 2. The molecule has 0 fully saturated rings. The van der Waals surface area contributed by atoms with Crippen LogP contribution in [0.5, 0.6) is 0 Å². The molecule has 7 heteroatoms. The molecule has 1 aromatic heterocycles. The fraction of sp³-hybridized carbons (Fsp3) is 0.615. The number of carbonyl (C=O) groups is 2. The number of carboxylic acids is 1. The summed E-state index contributed by atoms with van der Waals surface area (Å²) in [7, 11) is 0. The van der Waals surface area contributed by atoms with Gasteiger partial charge in [-0.05, 0) is 5.92 Å². The first-order valence-electron chi connectivity index (χ1n) is 6.80. The summed E-state index contributed by atoms with van der Waals surface area (Å²) in [4.78, 5) is 30.6. The van der Waals surface area contributed by atoms with Crippen molar-refractivity contribution < 1.29 is 14.7 Å². The molecule has 1 aliphatic rings. The third-order valence-corrected chi connectivity index (χ3v) is 3.82. The normalized spacial score (nSPS) is 20.8. The lowest BCUT2D eigenvalue weighted by Crippen LogP contribution is -2.54. The van der Waals surface area contributed by atoms with Crippen LogP contribution in [-0.2, 0) is 22.6 Å². The van der Waals surface area contributed by atoms with E-state index in [1.807, 2.05) is 13.8 Å². The monoisotopic (exact) mass is 280 g/mol. The Labute approximate surface area is 117 Å². The number of H-pyrrole nitrogens is 1. The van der Waals surface area contributed by atoms with E-state index in [1.165, 1.54) is 0 Å². The van der Waals surface area contributed by atoms with E-state index >= 15 is 0 Å². The Kier molecular flexibility index (Phi) is 4.39. The first kappa shape index (κ1) is 14.5. The molecule has 7 nitrogen and oxygen atoms in total. The molecule has 0 saturated carbocycles. The van der Waals surface area contributed by atoms with E-state index < -0.39 is 18.1 Å². The Morgan fingerprint density at radius 1 is 1.60 bits per heavy atom. The van der Waals surface area contributed by atoms with Crippen molar-refractivity contribution in [3.63, 3.8) is 0 Å². The van der Waals surface area contributed by atoms with Gasteiger partial charge in [0.2, 0.25) is 5.91 Å². The van der Waals surface area contributed by atoms with Crippen molar-refractivity contribution in [3.05, 3.63) is 17.7 Å². The van der Waals surface area contributed by atoms with Crippen LogP contribution in [0.4, 0.5) is 0 Å². The van der Waals surface area contributed by atoms with Gasteiger partial charge in [-0.25, -0.2) is 9.78 Å². The van der Waals surface area contributed by atoms with Crippen molar-refractivity contribution in [3.8, 4) is 0 Å². The maximum absolute atomic E-state index is 12.2. The quantitative estimate of drug-likeness (QED) is 0.609. The number of nitrogens with one attached hydrogen (secondary N) is 3. The van der Waals surface area contributed by atoms with Crippen molar-refractivity contribution in [1.29, 1.82) is 0 Å². The third kappa shape index (κ3) is 2.98. The molecule has 4 N–H and O–H groups in total. The van der Waals surface area contributed by atoms with Crippen LogP contribution in [-0.4, -0.2) is 39.0 Å². The van der Waals surface area contributed by atoms with E-state index in [0.29, 0.717) is 19.4 Å². The summed E-state index contributed by atoms with van der Waals surface area (Å²) in [5.74, 6) is -1.39. The number of fused-ring (bicyclic) bond motifs is 1. The molecule has 0 aliphatic carbocycles. The minimum absolute atomic E-state index is 0.110. The van der Waals surface area contributed by atoms with Crippen LogP contribution in [0.1, 0.15) is 31.7 Å². The molecular formula is C13H20N4O3. The average molecular weight is 280 g/mol. The SMILES string of the molecule is CCC(C)[C@H](NC(=O)C1Cc2nc[nH]c2CN1)C(=O)O. The third-order valence-electron chi connectivity index (χ3n) is 3.82. The molecule has 2 rings (SSSR count). The van der Waals surface area contributed by atoms with Gasteiger partial charge in [0.05, 0.1) is 23.8 Å². The van der Waals surface area contributed by atoms with Gasteiger partial charge in [0, 0.05) is 13.0 Å². The summed E-state index contributed by atoms with van der Waals surface area (Å²) >= 11 is 0. The van der Waals surface area contributed by atoms with Crippen molar-refractivity contribution in [2.45, 2.75) is 45.3 Å². The molecule has 1 amide bonds. The maximum atomic E-state index is 12.2. The van der Waals surface area contributed by atoms with E-state index in [9.17, 15) is 14.7 Å². The maximum Gasteiger partial charge on any atom is 0.326 e. The second-order valence-electron chi connectivity index (χ2n) is 5.18. The minimum atomic E-state index is -0.996. The Hall–Kier alpha value is -1.89. The summed E-state index contributed by atoms with van der Waals surface area (Å²) < 4.78 is 0. The van der Waals surface area contributed by atoms with Crippen LogP contribution in [0.3, 0.4) is 0 Å². The largest absolute Gasteiger partial charge is 0.480 e. The van der Waals surface area contributed by atoms with E-state index in [4.69, 9.17) is 0 Å². The van der Waals surface area contributed by atoms with Crippen molar-refractivity contribution in [1.82, 2.24) is 20.6 Å². The molecule has 110 valence electrons. The predicted molar refractivity (Wildman–Crippen MR) is 71.9 cm³/mol. The zero-order valence-corrected chi connectivity index (χ0v) is 11.6. The molecule has 0 aromatic carbocycles. The summed E-state index contributed by atoms with van der Waals surface area (Å²) in [5, 5.41) is 14.9. The summed E-state index contributed by atoms with van der Waals surface area (Å²) in [6, 6.07) is -1.29. The number of aliphatic carboxylic acids is 1. The molecule has 1 aliphatic heterocycles. The number of hydrogen-bond donors (Lipinski definition) is 4. The summed E-state index contributed by atoms with van der Waals surface area (Å²) in [6.07, 6.45) is 2.77. The summed E-state index contributed by atoms with van der Waals surface area (Å²) in [6.45, 7) is 4.26. The fourth-order valence-electron chi connectivity index (χ4n) is 2.29. The molecule has 0 radical (unpaired) electrons. The van der Waals surface area contributed by atoms with Gasteiger partial charge in [-0.3, -0.25) is 10.1 Å². The minimum Gasteiger partial charge on any atom is -0.480 e. The van der Waals surface area contributed by atoms with Crippen LogP contribution in [0.25, 0.3) is 0 Å². The van der Waals surface area contributed by atoms with Gasteiger partial charge in [-0.2, -0.15) is 0 Å². The second-order valence-corrected chi connectivity index (χ2v) is 5.18. The number of nitrogens with zero attached hydrogens (tertiary/aromatic N) is 1. The molecule has 0 spiro atoms. The van der Waals surface area contributed by atoms with Crippen LogP contribution >= 0.6 is 0 Å². The lowest BCUT2D eigenvalue weighted by Gasteiger charge is -2.26. The lowest BCUT2D eigenvalue weighted by molar-refractivity contribution is -0.143. The van der Waals surface area contributed by atoms with Crippen LogP contribution in [0, 0.1) is 5.92 Å². The van der Waals surface area contributed by atoms with Gasteiger partial charge in [-0.15, -0.1) is 0 Å². The zero-order valence-electron chi connectivity index (χ0n) is 11.6. The number of hydrogen-bond acceptors (Lipinski definition) is 4. The standard InChI is InChI=1S/C13H20N4O3/c1-3-7(2)11(13(19)20)17-12(18)9-4-8-10(5-14-9)16-6-15-8/h6-7,9,11,14H,3-5H2,1-2H3,(H,15,16)(H,17,18)(H,19,20)/t7?,9?,11-/m0/s1. The highest BCUT2D eigenvalue weighted by Crippen LogP contribution is 2.13. The molecule has 1 aromatic rings. The van der Waals surface area contributed by atoms with Gasteiger partial charge in [-0.1, -0.05) is 20.3 Å². The number of amides is 1. The molecule has 2 heterocycles. The molecule has 0 saturated heterocycles. The van der Waals surface area contributed by atoms with Gasteiger partial charge in [0.15, 0.2) is 0 Å². The smallest absolute Gasteiger partial charge is 0.326 e. The molecule has 2 unspecified atom stereocenters. The van der Waals surface area contributed by atoms with E-state index in [0.717, 1.165) is 11.4 Å². The Balaban J connectivity index is 2.00. The molecule has 20 heavy (non-hydrogen) atoms. The summed E-state index contributed by atoms with van der Waals surface area (Å²) in [5.41, 5.74) is 1.84. The van der Waals surface area contributed by atoms with Gasteiger partial charge < -0.3 is 15.4 Å². The van der Waals surface area contributed by atoms with Gasteiger partial charge >= 0.3 is 5.97 Å². The van der Waals surface area contributed by atoms with Crippen molar-refractivity contribution in [2.24, 2.45) is 5.92 Å². The Bertz CT molecular complexity index is 500. The number of carboxylic acid groups (broad SMARTS) is 1. The Morgan fingerprint density at radius 3 is 3.00 bits per heavy atom. The second kappa shape index (κ2) is 6.04. The first-order valence-corrected chi connectivity index (χ1v) is 6.80. The fourth-order valence-corrected chi connectivity index (χ4v) is 2.29. The highest BCUT2D eigenvalue weighted by atomic mass is 16.4. The lowest BCUT2D eigenvalue weighted by atomic mass is 9.98. The van der Waals surface area contributed by atoms with Crippen LogP contribution < -0.4 is 10.6 Å². The van der Waals surface area contributed by atoms with Gasteiger partial charge in [0.1, 0.15) is 6.04 Å². The average Bonchev–Trinajstić information content (AvgIpc) is 2.90. The van der Waals surface area contributed by atoms with Crippen LogP contribution in [0.2, 0.25) is 0 Å². The van der Waals surface area contributed by atoms with Gasteiger partial charge in [0.25, 0.3) is 0 Å². The van der Waals surface area contributed by atoms with Crippen molar-refractivity contribution in [2.75, 3.05) is 0 Å².